The van der Waals surface area contributed by atoms with E-state index in [2.05, 4.69) is 5.32 Å². The molecule has 1 aromatic heterocycles. The number of benzene rings is 1. The molecule has 23 heavy (non-hydrogen) atoms. The molecule has 1 atom stereocenters. The van der Waals surface area contributed by atoms with Gasteiger partial charge in [0.15, 0.2) is 0 Å². The van der Waals surface area contributed by atoms with Crippen molar-refractivity contribution >= 4 is 16.8 Å². The number of aromatic nitrogens is 1. The Hall–Kier alpha value is -2.18. The van der Waals surface area contributed by atoms with Gasteiger partial charge in [-0.3, -0.25) is 9.59 Å². The van der Waals surface area contributed by atoms with Gasteiger partial charge in [0.05, 0.1) is 37.0 Å². The number of ether oxygens (including phenoxy) is 2. The van der Waals surface area contributed by atoms with E-state index in [1.54, 1.807) is 18.5 Å². The van der Waals surface area contributed by atoms with E-state index in [0.717, 1.165) is 10.9 Å². The van der Waals surface area contributed by atoms with Crippen molar-refractivity contribution in [2.45, 2.75) is 13.0 Å². The molecular weight excluding hydrogens is 296 g/mol. The van der Waals surface area contributed by atoms with Crippen LogP contribution in [-0.4, -0.2) is 42.9 Å². The largest absolute Gasteiger partial charge is 0.376 e. The van der Waals surface area contributed by atoms with Crippen molar-refractivity contribution in [3.63, 3.8) is 0 Å². The number of hydrogen-bond acceptors (Lipinski definition) is 4. The lowest BCUT2D eigenvalue weighted by atomic mass is 10.0. The number of rotatable bonds is 3. The van der Waals surface area contributed by atoms with E-state index in [1.807, 2.05) is 24.3 Å². The van der Waals surface area contributed by atoms with Crippen LogP contribution in [0.15, 0.2) is 29.1 Å². The van der Waals surface area contributed by atoms with Gasteiger partial charge in [-0.2, -0.15) is 0 Å². The third-order valence-electron chi connectivity index (χ3n) is 4.14. The molecule has 0 unspecified atom stereocenters. The second kappa shape index (κ2) is 6.52. The third-order valence-corrected chi connectivity index (χ3v) is 4.14. The number of amides is 1. The highest BCUT2D eigenvalue weighted by Crippen LogP contribution is 2.19. The number of para-hydroxylation sites is 1. The SMILES string of the molecule is Cc1c(C(=O)NC[C@H]2COCCO2)c2ccccc2n(C)c1=O. The van der Waals surface area contributed by atoms with Gasteiger partial charge in [0.2, 0.25) is 0 Å². The second-order valence-electron chi connectivity index (χ2n) is 5.66. The molecule has 122 valence electrons. The summed E-state index contributed by atoms with van der Waals surface area (Å²) in [4.78, 5) is 25.0. The van der Waals surface area contributed by atoms with Gasteiger partial charge in [-0.1, -0.05) is 18.2 Å². The smallest absolute Gasteiger partial charge is 0.254 e. The number of nitrogens with one attached hydrogen (secondary N) is 1. The molecule has 2 aromatic rings. The van der Waals surface area contributed by atoms with Crippen LogP contribution < -0.4 is 10.9 Å². The van der Waals surface area contributed by atoms with E-state index in [-0.39, 0.29) is 17.6 Å². The lowest BCUT2D eigenvalue weighted by molar-refractivity contribution is -0.0855. The quantitative estimate of drug-likeness (QED) is 0.917. The molecule has 1 aliphatic rings. The molecule has 0 spiro atoms. The number of carbonyl (C=O) groups excluding carboxylic acids is 1. The fraction of sp³-hybridized carbons (Fsp3) is 0.412. The first-order valence-corrected chi connectivity index (χ1v) is 7.65. The standard InChI is InChI=1S/C17H20N2O4/c1-11-15(16(20)18-9-12-10-22-7-8-23-12)13-5-3-4-6-14(13)19(2)17(11)21/h3-6,12H,7-10H2,1-2H3,(H,18,20)/t12-/m0/s1. The Bertz CT molecular complexity index is 791. The highest BCUT2D eigenvalue weighted by molar-refractivity contribution is 6.07. The second-order valence-corrected chi connectivity index (χ2v) is 5.66. The van der Waals surface area contributed by atoms with Crippen molar-refractivity contribution in [1.29, 1.82) is 0 Å². The molecule has 0 bridgehead atoms. The number of fused-ring (bicyclic) bond motifs is 1. The Balaban J connectivity index is 1.92. The van der Waals surface area contributed by atoms with Crippen LogP contribution in [0.1, 0.15) is 15.9 Å². The number of carbonyl (C=O) groups is 1. The summed E-state index contributed by atoms with van der Waals surface area (Å²) in [6, 6.07) is 7.41. The zero-order valence-corrected chi connectivity index (χ0v) is 13.3. The minimum atomic E-state index is -0.259. The van der Waals surface area contributed by atoms with Crippen molar-refractivity contribution in [1.82, 2.24) is 9.88 Å². The van der Waals surface area contributed by atoms with Crippen LogP contribution >= 0.6 is 0 Å². The van der Waals surface area contributed by atoms with Crippen LogP contribution in [0, 0.1) is 6.92 Å². The fourth-order valence-corrected chi connectivity index (χ4v) is 2.89. The van der Waals surface area contributed by atoms with Gasteiger partial charge < -0.3 is 19.4 Å². The lowest BCUT2D eigenvalue weighted by Gasteiger charge is -2.23. The van der Waals surface area contributed by atoms with E-state index in [9.17, 15) is 9.59 Å². The molecule has 1 aromatic carbocycles. The maximum absolute atomic E-state index is 12.6. The summed E-state index contributed by atoms with van der Waals surface area (Å²) >= 11 is 0. The fourth-order valence-electron chi connectivity index (χ4n) is 2.89. The minimum Gasteiger partial charge on any atom is -0.376 e. The molecule has 6 nitrogen and oxygen atoms in total. The summed E-state index contributed by atoms with van der Waals surface area (Å²) in [6.45, 7) is 3.64. The Labute approximate surface area is 134 Å². The molecule has 3 rings (SSSR count). The summed E-state index contributed by atoms with van der Waals surface area (Å²) in [5, 5.41) is 3.63. The van der Waals surface area contributed by atoms with Gasteiger partial charge in [-0.25, -0.2) is 0 Å². The van der Waals surface area contributed by atoms with Gasteiger partial charge >= 0.3 is 0 Å². The van der Waals surface area contributed by atoms with E-state index in [4.69, 9.17) is 9.47 Å². The van der Waals surface area contributed by atoms with Crippen molar-refractivity contribution in [3.05, 3.63) is 45.7 Å². The molecule has 0 saturated carbocycles. The van der Waals surface area contributed by atoms with E-state index in [1.165, 1.54) is 0 Å². The van der Waals surface area contributed by atoms with Gasteiger partial charge in [0, 0.05) is 24.5 Å². The summed E-state index contributed by atoms with van der Waals surface area (Å²) in [6.07, 6.45) is -0.147. The van der Waals surface area contributed by atoms with Crippen molar-refractivity contribution in [2.75, 3.05) is 26.4 Å². The number of pyridine rings is 1. The topological polar surface area (TPSA) is 69.6 Å². The van der Waals surface area contributed by atoms with Crippen LogP contribution in [0.5, 0.6) is 0 Å². The molecule has 1 amide bonds. The Morgan fingerprint density at radius 2 is 2.13 bits per heavy atom. The van der Waals surface area contributed by atoms with Gasteiger partial charge in [-0.05, 0) is 13.0 Å². The van der Waals surface area contributed by atoms with Gasteiger partial charge in [-0.15, -0.1) is 0 Å². The predicted octanol–water partition coefficient (Wildman–Crippen LogP) is 0.992. The Morgan fingerprint density at radius 1 is 1.35 bits per heavy atom. The molecule has 1 saturated heterocycles. The van der Waals surface area contributed by atoms with E-state index in [0.29, 0.717) is 37.5 Å². The van der Waals surface area contributed by atoms with E-state index < -0.39 is 0 Å². The van der Waals surface area contributed by atoms with Crippen LogP contribution in [0.3, 0.4) is 0 Å². The lowest BCUT2D eigenvalue weighted by Crippen LogP contribution is -2.40. The molecule has 1 aliphatic heterocycles. The molecule has 2 heterocycles. The van der Waals surface area contributed by atoms with Crippen molar-refractivity contribution in [3.8, 4) is 0 Å². The zero-order chi connectivity index (χ0) is 16.4. The average Bonchev–Trinajstić information content (AvgIpc) is 2.59. The monoisotopic (exact) mass is 316 g/mol. The Kier molecular flexibility index (Phi) is 4.45. The highest BCUT2D eigenvalue weighted by atomic mass is 16.6. The molecule has 1 fully saturated rings. The first-order valence-electron chi connectivity index (χ1n) is 7.65. The minimum absolute atomic E-state index is 0.147. The summed E-state index contributed by atoms with van der Waals surface area (Å²) in [5.41, 5.74) is 1.46. The van der Waals surface area contributed by atoms with Crippen LogP contribution in [0.4, 0.5) is 0 Å². The van der Waals surface area contributed by atoms with E-state index >= 15 is 0 Å². The predicted molar refractivity (Wildman–Crippen MR) is 86.8 cm³/mol. The maximum Gasteiger partial charge on any atom is 0.254 e. The molecule has 0 radical (unpaired) electrons. The number of hydrogen-bond donors (Lipinski definition) is 1. The Morgan fingerprint density at radius 3 is 2.87 bits per heavy atom. The third kappa shape index (κ3) is 3.00. The van der Waals surface area contributed by atoms with Crippen LogP contribution in [0.25, 0.3) is 10.9 Å². The summed E-state index contributed by atoms with van der Waals surface area (Å²) in [7, 11) is 1.71. The first-order chi connectivity index (χ1) is 11.1. The average molecular weight is 316 g/mol. The van der Waals surface area contributed by atoms with Gasteiger partial charge in [0.25, 0.3) is 11.5 Å². The van der Waals surface area contributed by atoms with Crippen molar-refractivity contribution in [2.24, 2.45) is 7.05 Å². The first kappa shape index (κ1) is 15.7. The van der Waals surface area contributed by atoms with Gasteiger partial charge in [0.1, 0.15) is 0 Å². The molecular formula is C17H20N2O4. The normalized spacial score (nSPS) is 18.1. The maximum atomic E-state index is 12.6. The molecule has 0 aliphatic carbocycles. The number of aryl methyl sites for hydroxylation is 1. The van der Waals surface area contributed by atoms with Crippen LogP contribution in [0.2, 0.25) is 0 Å². The van der Waals surface area contributed by atoms with Crippen LogP contribution in [-0.2, 0) is 16.5 Å². The highest BCUT2D eigenvalue weighted by Gasteiger charge is 2.20. The molecule has 6 heteroatoms. The van der Waals surface area contributed by atoms with Crippen molar-refractivity contribution < 1.29 is 14.3 Å². The number of nitrogens with zero attached hydrogens (tertiary/aromatic N) is 1. The summed E-state index contributed by atoms with van der Waals surface area (Å²) in [5.74, 6) is -0.259. The molecule has 1 N–H and O–H groups in total. The zero-order valence-electron chi connectivity index (χ0n) is 13.3. The summed E-state index contributed by atoms with van der Waals surface area (Å²) < 4.78 is 12.4.